The zero-order valence-electron chi connectivity index (χ0n) is 17.7. The summed E-state index contributed by atoms with van der Waals surface area (Å²) in [5.41, 5.74) is 4.92. The molecule has 0 radical (unpaired) electrons. The highest BCUT2D eigenvalue weighted by Crippen LogP contribution is 2.29. The fraction of sp³-hybridized carbons (Fsp3) is 0.440. The third kappa shape index (κ3) is 5.02. The van der Waals surface area contributed by atoms with Gasteiger partial charge in [-0.2, -0.15) is 0 Å². The molecule has 0 saturated carbocycles. The molecular weight excluding hydrogens is 379 g/mol. The van der Waals surface area contributed by atoms with E-state index in [1.807, 2.05) is 6.20 Å². The van der Waals surface area contributed by atoms with Gasteiger partial charge in [0.15, 0.2) is 0 Å². The molecule has 0 bridgehead atoms. The second-order valence-corrected chi connectivity index (χ2v) is 8.12. The Hall–Kier alpha value is -2.37. The van der Waals surface area contributed by atoms with E-state index in [-0.39, 0.29) is 5.82 Å². The fourth-order valence-corrected chi connectivity index (χ4v) is 4.35. The number of fused-ring (bicyclic) bond motifs is 2. The molecule has 2 N–H and O–H groups in total. The van der Waals surface area contributed by atoms with Crippen LogP contribution in [-0.2, 0) is 24.0 Å². The van der Waals surface area contributed by atoms with Crippen molar-refractivity contribution in [3.63, 3.8) is 0 Å². The van der Waals surface area contributed by atoms with Gasteiger partial charge < -0.3 is 19.8 Å². The summed E-state index contributed by atoms with van der Waals surface area (Å²) in [7, 11) is 1.75. The van der Waals surface area contributed by atoms with Gasteiger partial charge in [0, 0.05) is 36.9 Å². The van der Waals surface area contributed by atoms with Crippen LogP contribution in [0.2, 0.25) is 0 Å². The van der Waals surface area contributed by atoms with Crippen molar-refractivity contribution < 1.29 is 13.9 Å². The Labute approximate surface area is 177 Å². The van der Waals surface area contributed by atoms with E-state index in [9.17, 15) is 4.39 Å². The number of H-pyrrole nitrogens is 1. The minimum absolute atomic E-state index is 0.177. The normalized spacial score (nSPS) is 15.9. The van der Waals surface area contributed by atoms with Gasteiger partial charge in [-0.25, -0.2) is 4.39 Å². The maximum Gasteiger partial charge on any atom is 0.123 e. The molecule has 0 fully saturated rings. The van der Waals surface area contributed by atoms with Crippen molar-refractivity contribution in [3.8, 4) is 5.75 Å². The second-order valence-electron chi connectivity index (χ2n) is 8.12. The van der Waals surface area contributed by atoms with Gasteiger partial charge in [0.25, 0.3) is 0 Å². The topological polar surface area (TPSA) is 46.3 Å². The number of nitrogens with one attached hydrogen (secondary N) is 2. The lowest BCUT2D eigenvalue weighted by Crippen LogP contribution is -2.40. The Morgan fingerprint density at radius 2 is 2.03 bits per heavy atom. The summed E-state index contributed by atoms with van der Waals surface area (Å²) in [6, 6.07) is 11.7. The van der Waals surface area contributed by atoms with Gasteiger partial charge >= 0.3 is 0 Å². The quantitative estimate of drug-likeness (QED) is 0.472. The van der Waals surface area contributed by atoms with Crippen LogP contribution in [0.3, 0.4) is 0 Å². The number of hydrogen-bond donors (Lipinski definition) is 2. The smallest absolute Gasteiger partial charge is 0.123 e. The third-order valence-corrected chi connectivity index (χ3v) is 5.95. The number of aromatic amines is 1. The summed E-state index contributed by atoms with van der Waals surface area (Å²) < 4.78 is 24.7. The molecule has 0 spiro atoms. The van der Waals surface area contributed by atoms with Crippen LogP contribution in [0, 0.1) is 5.82 Å². The number of ether oxygens (including phenoxy) is 2. The molecule has 0 aliphatic carbocycles. The van der Waals surface area contributed by atoms with Gasteiger partial charge in [-0.1, -0.05) is 12.1 Å². The summed E-state index contributed by atoms with van der Waals surface area (Å²) in [6.45, 7) is 2.47. The number of unbranched alkanes of at least 4 members (excludes halogenated alkanes) is 1. The van der Waals surface area contributed by atoms with E-state index in [0.29, 0.717) is 6.04 Å². The van der Waals surface area contributed by atoms with Crippen molar-refractivity contribution in [2.45, 2.75) is 44.6 Å². The SMILES string of the molecule is COCCCc1cccc2c1CC(NCCCCc1c[nH]c3ccc(F)cc13)CO2. The zero-order chi connectivity index (χ0) is 20.8. The largest absolute Gasteiger partial charge is 0.492 e. The van der Waals surface area contributed by atoms with E-state index >= 15 is 0 Å². The highest BCUT2D eigenvalue weighted by atomic mass is 19.1. The first kappa shape index (κ1) is 20.9. The number of rotatable bonds is 10. The van der Waals surface area contributed by atoms with E-state index in [4.69, 9.17) is 9.47 Å². The Morgan fingerprint density at radius 1 is 1.13 bits per heavy atom. The molecule has 2 aromatic carbocycles. The molecule has 1 unspecified atom stereocenters. The number of aromatic nitrogens is 1. The molecule has 1 atom stereocenters. The monoisotopic (exact) mass is 410 g/mol. The fourth-order valence-electron chi connectivity index (χ4n) is 4.35. The second kappa shape index (κ2) is 10.1. The lowest BCUT2D eigenvalue weighted by molar-refractivity contribution is 0.194. The first-order valence-corrected chi connectivity index (χ1v) is 11.0. The van der Waals surface area contributed by atoms with Gasteiger partial charge in [0.1, 0.15) is 18.2 Å². The molecule has 1 aliphatic heterocycles. The Balaban J connectivity index is 1.24. The molecule has 3 aromatic rings. The molecule has 0 amide bonds. The van der Waals surface area contributed by atoms with E-state index < -0.39 is 0 Å². The lowest BCUT2D eigenvalue weighted by Gasteiger charge is -2.28. The predicted molar refractivity (Wildman–Crippen MR) is 119 cm³/mol. The van der Waals surface area contributed by atoms with Gasteiger partial charge in [0.05, 0.1) is 0 Å². The summed E-state index contributed by atoms with van der Waals surface area (Å²) in [6.07, 6.45) is 8.19. The average Bonchev–Trinajstić information content (AvgIpc) is 3.16. The first-order chi connectivity index (χ1) is 14.7. The first-order valence-electron chi connectivity index (χ1n) is 11.0. The maximum atomic E-state index is 13.5. The summed E-state index contributed by atoms with van der Waals surface area (Å²) in [5, 5.41) is 4.67. The van der Waals surface area contributed by atoms with Crippen LogP contribution in [0.5, 0.6) is 5.75 Å². The Morgan fingerprint density at radius 3 is 2.93 bits per heavy atom. The van der Waals surface area contributed by atoms with Gasteiger partial charge in [-0.3, -0.25) is 0 Å². The minimum atomic E-state index is -0.177. The molecule has 4 nitrogen and oxygen atoms in total. The number of aryl methyl sites for hydroxylation is 2. The molecule has 4 rings (SSSR count). The highest BCUT2D eigenvalue weighted by Gasteiger charge is 2.21. The molecule has 30 heavy (non-hydrogen) atoms. The summed E-state index contributed by atoms with van der Waals surface area (Å²) in [4.78, 5) is 3.23. The van der Waals surface area contributed by atoms with Gasteiger partial charge in [-0.05, 0) is 86.0 Å². The molecule has 2 heterocycles. The van der Waals surface area contributed by atoms with Crippen molar-refractivity contribution in [1.29, 1.82) is 0 Å². The molecule has 1 aliphatic rings. The van der Waals surface area contributed by atoms with E-state index in [1.54, 1.807) is 19.2 Å². The van der Waals surface area contributed by atoms with Crippen LogP contribution in [0.4, 0.5) is 4.39 Å². The number of hydrogen-bond acceptors (Lipinski definition) is 3. The summed E-state index contributed by atoms with van der Waals surface area (Å²) >= 11 is 0. The molecular formula is C25H31FN2O2. The van der Waals surface area contributed by atoms with Crippen molar-refractivity contribution in [2.24, 2.45) is 0 Å². The van der Waals surface area contributed by atoms with Crippen molar-refractivity contribution in [2.75, 3.05) is 26.9 Å². The van der Waals surface area contributed by atoms with Crippen molar-refractivity contribution >= 4 is 10.9 Å². The standard InChI is InChI=1S/C25H31FN2O2/c1-29-13-5-8-18-7-4-9-25-23(18)15-21(17-30-25)27-12-3-2-6-19-16-28-24-11-10-20(26)14-22(19)24/h4,7,9-11,14,16,21,27-28H,2-3,5-6,8,12-13,15,17H2,1H3. The predicted octanol–water partition coefficient (Wildman–Crippen LogP) is 4.80. The van der Waals surface area contributed by atoms with Gasteiger partial charge in [-0.15, -0.1) is 0 Å². The highest BCUT2D eigenvalue weighted by molar-refractivity contribution is 5.83. The van der Waals surface area contributed by atoms with Gasteiger partial charge in [0.2, 0.25) is 0 Å². The zero-order valence-corrected chi connectivity index (χ0v) is 17.7. The van der Waals surface area contributed by atoms with Crippen LogP contribution in [0.25, 0.3) is 10.9 Å². The minimum Gasteiger partial charge on any atom is -0.492 e. The van der Waals surface area contributed by atoms with E-state index in [0.717, 1.165) is 74.9 Å². The average molecular weight is 411 g/mol. The molecule has 5 heteroatoms. The molecule has 160 valence electrons. The Kier molecular flexibility index (Phi) is 7.03. The molecule has 0 saturated heterocycles. The van der Waals surface area contributed by atoms with Crippen LogP contribution < -0.4 is 10.1 Å². The maximum absolute atomic E-state index is 13.5. The lowest BCUT2D eigenvalue weighted by atomic mass is 9.94. The van der Waals surface area contributed by atoms with E-state index in [2.05, 4.69) is 28.5 Å². The van der Waals surface area contributed by atoms with E-state index in [1.165, 1.54) is 22.8 Å². The summed E-state index contributed by atoms with van der Waals surface area (Å²) in [5.74, 6) is 0.860. The van der Waals surface area contributed by atoms with Crippen LogP contribution in [0.15, 0.2) is 42.6 Å². The Bertz CT molecular complexity index is 969. The van der Waals surface area contributed by atoms with Crippen LogP contribution in [-0.4, -0.2) is 37.9 Å². The number of halogens is 1. The number of methoxy groups -OCH3 is 1. The van der Waals surface area contributed by atoms with Crippen LogP contribution in [0.1, 0.15) is 36.0 Å². The molecule has 1 aromatic heterocycles. The third-order valence-electron chi connectivity index (χ3n) is 5.95. The number of benzene rings is 2. The van der Waals surface area contributed by atoms with Crippen LogP contribution >= 0.6 is 0 Å². The van der Waals surface area contributed by atoms with Crippen molar-refractivity contribution in [1.82, 2.24) is 10.3 Å². The van der Waals surface area contributed by atoms with Crippen molar-refractivity contribution in [3.05, 3.63) is 65.1 Å².